The van der Waals surface area contributed by atoms with E-state index in [1.807, 2.05) is 25.1 Å². The molecule has 14 heavy (non-hydrogen) atoms. The first-order chi connectivity index (χ1) is 6.83. The molecule has 0 aliphatic rings. The van der Waals surface area contributed by atoms with Gasteiger partial charge in [0.25, 0.3) is 0 Å². The molecule has 1 rings (SSSR count). The largest absolute Gasteiger partial charge is 0.380 e. The molecule has 0 amide bonds. The molecule has 2 nitrogen and oxygen atoms in total. The summed E-state index contributed by atoms with van der Waals surface area (Å²) in [6.07, 6.45) is 0. The van der Waals surface area contributed by atoms with Crippen molar-refractivity contribution in [2.75, 3.05) is 19.8 Å². The second-order valence-electron chi connectivity index (χ2n) is 3.00. The SMILES string of the molecule is CCOCCNCc1cccc(Cl)c1. The van der Waals surface area contributed by atoms with Crippen molar-refractivity contribution in [3.63, 3.8) is 0 Å². The van der Waals surface area contributed by atoms with Crippen LogP contribution in [0.2, 0.25) is 5.02 Å². The lowest BCUT2D eigenvalue weighted by Crippen LogP contribution is -2.19. The van der Waals surface area contributed by atoms with Crippen molar-refractivity contribution in [1.82, 2.24) is 5.32 Å². The standard InChI is InChI=1S/C11H16ClNO/c1-2-14-7-6-13-9-10-4-3-5-11(12)8-10/h3-5,8,13H,2,6-7,9H2,1H3. The van der Waals surface area contributed by atoms with Gasteiger partial charge in [0.2, 0.25) is 0 Å². The van der Waals surface area contributed by atoms with E-state index >= 15 is 0 Å². The number of nitrogens with one attached hydrogen (secondary N) is 1. The highest BCUT2D eigenvalue weighted by Crippen LogP contribution is 2.09. The number of ether oxygens (including phenoxy) is 1. The quantitative estimate of drug-likeness (QED) is 0.734. The van der Waals surface area contributed by atoms with Crippen LogP contribution < -0.4 is 5.32 Å². The van der Waals surface area contributed by atoms with Gasteiger partial charge in [-0.15, -0.1) is 0 Å². The van der Waals surface area contributed by atoms with Crippen LogP contribution in [0, 0.1) is 0 Å². The van der Waals surface area contributed by atoms with E-state index in [2.05, 4.69) is 11.4 Å². The fourth-order valence-corrected chi connectivity index (χ4v) is 1.38. The molecule has 0 aliphatic heterocycles. The van der Waals surface area contributed by atoms with Gasteiger partial charge in [-0.05, 0) is 24.6 Å². The maximum atomic E-state index is 5.85. The van der Waals surface area contributed by atoms with Crippen LogP contribution in [0.1, 0.15) is 12.5 Å². The molecule has 0 spiro atoms. The molecule has 0 unspecified atom stereocenters. The molecule has 1 N–H and O–H groups in total. The summed E-state index contributed by atoms with van der Waals surface area (Å²) in [6.45, 7) is 5.25. The molecule has 0 heterocycles. The molecule has 78 valence electrons. The Hall–Kier alpha value is -0.570. The summed E-state index contributed by atoms with van der Waals surface area (Å²) in [6, 6.07) is 7.86. The normalized spacial score (nSPS) is 10.4. The van der Waals surface area contributed by atoms with Gasteiger partial charge in [0.15, 0.2) is 0 Å². The minimum absolute atomic E-state index is 0.761. The second-order valence-corrected chi connectivity index (χ2v) is 3.44. The third kappa shape index (κ3) is 4.61. The van der Waals surface area contributed by atoms with E-state index in [1.165, 1.54) is 5.56 Å². The second kappa shape index (κ2) is 6.82. The van der Waals surface area contributed by atoms with Crippen molar-refractivity contribution in [2.45, 2.75) is 13.5 Å². The summed E-state index contributed by atoms with van der Waals surface area (Å²) in [5, 5.41) is 4.07. The van der Waals surface area contributed by atoms with Crippen LogP contribution in [-0.4, -0.2) is 19.8 Å². The van der Waals surface area contributed by atoms with Crippen LogP contribution in [-0.2, 0) is 11.3 Å². The Balaban J connectivity index is 2.18. The van der Waals surface area contributed by atoms with Gasteiger partial charge in [-0.25, -0.2) is 0 Å². The first-order valence-electron chi connectivity index (χ1n) is 4.86. The average Bonchev–Trinajstić information content (AvgIpc) is 2.18. The molecule has 0 fully saturated rings. The smallest absolute Gasteiger partial charge is 0.0590 e. The Morgan fingerprint density at radius 3 is 3.00 bits per heavy atom. The van der Waals surface area contributed by atoms with E-state index < -0.39 is 0 Å². The topological polar surface area (TPSA) is 21.3 Å². The molecule has 0 aromatic heterocycles. The van der Waals surface area contributed by atoms with E-state index in [4.69, 9.17) is 16.3 Å². The summed E-state index contributed by atoms with van der Waals surface area (Å²) in [5.41, 5.74) is 1.20. The summed E-state index contributed by atoms with van der Waals surface area (Å²) < 4.78 is 5.21. The van der Waals surface area contributed by atoms with Crippen molar-refractivity contribution in [3.8, 4) is 0 Å². The van der Waals surface area contributed by atoms with Crippen molar-refractivity contribution in [1.29, 1.82) is 0 Å². The Kier molecular flexibility index (Phi) is 5.60. The zero-order valence-corrected chi connectivity index (χ0v) is 9.18. The number of hydrogen-bond donors (Lipinski definition) is 1. The van der Waals surface area contributed by atoms with Gasteiger partial charge in [-0.2, -0.15) is 0 Å². The number of halogens is 1. The van der Waals surface area contributed by atoms with Crippen molar-refractivity contribution in [2.24, 2.45) is 0 Å². The summed E-state index contributed by atoms with van der Waals surface area (Å²) in [5.74, 6) is 0. The maximum Gasteiger partial charge on any atom is 0.0590 e. The molecule has 0 bridgehead atoms. The van der Waals surface area contributed by atoms with Crippen LogP contribution in [0.4, 0.5) is 0 Å². The third-order valence-electron chi connectivity index (χ3n) is 1.85. The lowest BCUT2D eigenvalue weighted by atomic mass is 10.2. The molecule has 0 atom stereocenters. The van der Waals surface area contributed by atoms with Crippen LogP contribution in [0.15, 0.2) is 24.3 Å². The molecule has 0 saturated carbocycles. The summed E-state index contributed by atoms with van der Waals surface area (Å²) in [7, 11) is 0. The monoisotopic (exact) mass is 213 g/mol. The average molecular weight is 214 g/mol. The predicted octanol–water partition coefficient (Wildman–Crippen LogP) is 2.47. The molecule has 1 aromatic rings. The molecule has 0 saturated heterocycles. The highest BCUT2D eigenvalue weighted by atomic mass is 35.5. The van der Waals surface area contributed by atoms with Gasteiger partial charge in [0.05, 0.1) is 6.61 Å². The lowest BCUT2D eigenvalue weighted by Gasteiger charge is -2.05. The number of benzene rings is 1. The number of hydrogen-bond acceptors (Lipinski definition) is 2. The Labute approximate surface area is 90.2 Å². The van der Waals surface area contributed by atoms with Gasteiger partial charge >= 0.3 is 0 Å². The molecule has 0 aliphatic carbocycles. The highest BCUT2D eigenvalue weighted by Gasteiger charge is 1.93. The van der Waals surface area contributed by atoms with Crippen molar-refractivity contribution >= 4 is 11.6 Å². The number of rotatable bonds is 6. The first kappa shape index (κ1) is 11.5. The lowest BCUT2D eigenvalue weighted by molar-refractivity contribution is 0.149. The van der Waals surface area contributed by atoms with Gasteiger partial charge in [0, 0.05) is 24.7 Å². The fraction of sp³-hybridized carbons (Fsp3) is 0.455. The molecular weight excluding hydrogens is 198 g/mol. The Bertz CT molecular complexity index is 265. The van der Waals surface area contributed by atoms with E-state index in [1.54, 1.807) is 0 Å². The van der Waals surface area contributed by atoms with Crippen LogP contribution in [0.3, 0.4) is 0 Å². The molecule has 0 radical (unpaired) electrons. The van der Waals surface area contributed by atoms with E-state index in [0.29, 0.717) is 0 Å². The predicted molar refractivity (Wildman–Crippen MR) is 59.7 cm³/mol. The van der Waals surface area contributed by atoms with Crippen LogP contribution in [0.5, 0.6) is 0 Å². The van der Waals surface area contributed by atoms with Crippen LogP contribution in [0.25, 0.3) is 0 Å². The van der Waals surface area contributed by atoms with Gasteiger partial charge < -0.3 is 10.1 Å². The molecule has 1 aromatic carbocycles. The van der Waals surface area contributed by atoms with E-state index in [-0.39, 0.29) is 0 Å². The zero-order chi connectivity index (χ0) is 10.2. The zero-order valence-electron chi connectivity index (χ0n) is 8.42. The van der Waals surface area contributed by atoms with E-state index in [0.717, 1.165) is 31.3 Å². The van der Waals surface area contributed by atoms with Gasteiger partial charge in [0.1, 0.15) is 0 Å². The Morgan fingerprint density at radius 1 is 1.43 bits per heavy atom. The maximum absolute atomic E-state index is 5.85. The van der Waals surface area contributed by atoms with Crippen molar-refractivity contribution in [3.05, 3.63) is 34.9 Å². The molecular formula is C11H16ClNO. The van der Waals surface area contributed by atoms with Crippen molar-refractivity contribution < 1.29 is 4.74 Å². The van der Waals surface area contributed by atoms with Crippen LogP contribution >= 0.6 is 11.6 Å². The van der Waals surface area contributed by atoms with Gasteiger partial charge in [-0.3, -0.25) is 0 Å². The third-order valence-corrected chi connectivity index (χ3v) is 2.08. The van der Waals surface area contributed by atoms with E-state index in [9.17, 15) is 0 Å². The highest BCUT2D eigenvalue weighted by molar-refractivity contribution is 6.30. The Morgan fingerprint density at radius 2 is 2.29 bits per heavy atom. The van der Waals surface area contributed by atoms with Gasteiger partial charge in [-0.1, -0.05) is 23.7 Å². The molecule has 3 heteroatoms. The summed E-state index contributed by atoms with van der Waals surface area (Å²) in [4.78, 5) is 0. The first-order valence-corrected chi connectivity index (χ1v) is 5.23. The minimum atomic E-state index is 0.761. The minimum Gasteiger partial charge on any atom is -0.380 e. The fourth-order valence-electron chi connectivity index (χ4n) is 1.17. The summed E-state index contributed by atoms with van der Waals surface area (Å²) >= 11 is 5.85.